The smallest absolute Gasteiger partial charge is 0.396 e. The van der Waals surface area contributed by atoms with Gasteiger partial charge in [-0.05, 0) is 6.42 Å². The van der Waals surface area contributed by atoms with E-state index in [1.807, 2.05) is 0 Å². The summed E-state index contributed by atoms with van der Waals surface area (Å²) in [5.74, 6) is 0. The van der Waals surface area contributed by atoms with Gasteiger partial charge in [-0.1, -0.05) is 0 Å². The van der Waals surface area contributed by atoms with E-state index in [0.717, 1.165) is 0 Å². The van der Waals surface area contributed by atoms with Crippen molar-refractivity contribution in [3.8, 4) is 0 Å². The minimum absolute atomic E-state index is 0.112. The standard InChI is InChI=1S/C6H11F3N2O2/c7-6(8,9)4-11-5(13)10-2-1-3-12/h12H,1-4H2,(H2,10,11,13). The lowest BCUT2D eigenvalue weighted by Crippen LogP contribution is -2.41. The van der Waals surface area contributed by atoms with E-state index >= 15 is 0 Å². The third-order valence-corrected chi connectivity index (χ3v) is 1.07. The highest BCUT2D eigenvalue weighted by atomic mass is 19.4. The van der Waals surface area contributed by atoms with Crippen LogP contribution < -0.4 is 10.6 Å². The maximum Gasteiger partial charge on any atom is 0.405 e. The molecule has 0 unspecified atom stereocenters. The minimum atomic E-state index is -4.39. The molecule has 0 atom stereocenters. The third kappa shape index (κ3) is 8.93. The normalized spacial score (nSPS) is 11.1. The predicted molar refractivity (Wildman–Crippen MR) is 39.2 cm³/mol. The number of hydrogen-bond donors (Lipinski definition) is 3. The molecule has 0 radical (unpaired) electrons. The zero-order valence-electron chi connectivity index (χ0n) is 6.82. The number of aliphatic hydroxyl groups excluding tert-OH is 1. The van der Waals surface area contributed by atoms with Crippen LogP contribution in [-0.2, 0) is 0 Å². The fraction of sp³-hybridized carbons (Fsp3) is 0.833. The second-order valence-corrected chi connectivity index (χ2v) is 2.30. The summed E-state index contributed by atoms with van der Waals surface area (Å²) in [5, 5.41) is 12.1. The first-order valence-corrected chi connectivity index (χ1v) is 3.65. The van der Waals surface area contributed by atoms with Gasteiger partial charge in [0.2, 0.25) is 0 Å². The molecule has 0 saturated carbocycles. The fourth-order valence-corrected chi connectivity index (χ4v) is 0.524. The van der Waals surface area contributed by atoms with Crippen molar-refractivity contribution in [2.75, 3.05) is 19.7 Å². The number of rotatable bonds is 4. The maximum atomic E-state index is 11.5. The van der Waals surface area contributed by atoms with Gasteiger partial charge < -0.3 is 15.7 Å². The summed E-state index contributed by atoms with van der Waals surface area (Å²) in [6.07, 6.45) is -4.08. The number of nitrogens with one attached hydrogen (secondary N) is 2. The number of carbonyl (C=O) groups is 1. The molecule has 0 aromatic heterocycles. The largest absolute Gasteiger partial charge is 0.405 e. The number of amides is 2. The molecular formula is C6H11F3N2O2. The van der Waals surface area contributed by atoms with Crippen LogP contribution in [0.3, 0.4) is 0 Å². The van der Waals surface area contributed by atoms with Gasteiger partial charge in [0.15, 0.2) is 0 Å². The highest BCUT2D eigenvalue weighted by Crippen LogP contribution is 2.11. The van der Waals surface area contributed by atoms with Crippen molar-refractivity contribution < 1.29 is 23.1 Å². The summed E-state index contributed by atoms with van der Waals surface area (Å²) in [4.78, 5) is 10.6. The lowest BCUT2D eigenvalue weighted by Gasteiger charge is -2.08. The molecule has 0 rings (SSSR count). The molecule has 7 heteroatoms. The topological polar surface area (TPSA) is 61.4 Å². The van der Waals surface area contributed by atoms with Gasteiger partial charge in [-0.15, -0.1) is 0 Å². The summed E-state index contributed by atoms with van der Waals surface area (Å²) < 4.78 is 34.6. The Balaban J connectivity index is 3.41. The molecule has 0 aromatic carbocycles. The average Bonchev–Trinajstić information content (AvgIpc) is 2.00. The van der Waals surface area contributed by atoms with Gasteiger partial charge in [0.1, 0.15) is 6.54 Å². The molecular weight excluding hydrogens is 189 g/mol. The SMILES string of the molecule is O=C(NCCCO)NCC(F)(F)F. The van der Waals surface area contributed by atoms with Gasteiger partial charge in [-0.25, -0.2) is 4.79 Å². The van der Waals surface area contributed by atoms with Crippen molar-refractivity contribution in [2.24, 2.45) is 0 Å². The summed E-state index contributed by atoms with van der Waals surface area (Å²) in [7, 11) is 0. The summed E-state index contributed by atoms with van der Waals surface area (Å²) in [5.41, 5.74) is 0. The van der Waals surface area contributed by atoms with Crippen molar-refractivity contribution in [1.82, 2.24) is 10.6 Å². The highest BCUT2D eigenvalue weighted by Gasteiger charge is 2.27. The van der Waals surface area contributed by atoms with Crippen molar-refractivity contribution >= 4 is 6.03 Å². The number of urea groups is 1. The van der Waals surface area contributed by atoms with Crippen molar-refractivity contribution in [2.45, 2.75) is 12.6 Å². The number of halogens is 3. The van der Waals surface area contributed by atoms with Crippen LogP contribution in [0.15, 0.2) is 0 Å². The first-order valence-electron chi connectivity index (χ1n) is 3.65. The lowest BCUT2D eigenvalue weighted by atomic mass is 10.4. The second kappa shape index (κ2) is 5.63. The van der Waals surface area contributed by atoms with Crippen LogP contribution in [0.1, 0.15) is 6.42 Å². The second-order valence-electron chi connectivity index (χ2n) is 2.30. The van der Waals surface area contributed by atoms with Gasteiger partial charge in [0.25, 0.3) is 0 Å². The van der Waals surface area contributed by atoms with Gasteiger partial charge in [0, 0.05) is 13.2 Å². The molecule has 0 aliphatic carbocycles. The average molecular weight is 200 g/mol. The summed E-state index contributed by atoms with van der Waals surface area (Å²) >= 11 is 0. The number of hydrogen-bond acceptors (Lipinski definition) is 2. The molecule has 0 spiro atoms. The third-order valence-electron chi connectivity index (χ3n) is 1.07. The molecule has 0 heterocycles. The lowest BCUT2D eigenvalue weighted by molar-refractivity contribution is -0.122. The van der Waals surface area contributed by atoms with E-state index in [1.54, 1.807) is 5.32 Å². The van der Waals surface area contributed by atoms with Crippen LogP contribution in [0.5, 0.6) is 0 Å². The molecule has 0 bridgehead atoms. The molecule has 0 aromatic rings. The molecule has 0 saturated heterocycles. The Morgan fingerprint density at radius 3 is 2.38 bits per heavy atom. The van der Waals surface area contributed by atoms with Crippen LogP contribution in [-0.4, -0.2) is 37.0 Å². The number of aliphatic hydroxyl groups is 1. The van der Waals surface area contributed by atoms with Gasteiger partial charge in [0.05, 0.1) is 0 Å². The molecule has 2 amide bonds. The Labute approximate surface area is 73.1 Å². The highest BCUT2D eigenvalue weighted by molar-refractivity contribution is 5.73. The van der Waals surface area contributed by atoms with Crippen LogP contribution >= 0.6 is 0 Å². The Bertz CT molecular complexity index is 160. The van der Waals surface area contributed by atoms with Crippen LogP contribution in [0.4, 0.5) is 18.0 Å². The molecule has 78 valence electrons. The first-order chi connectivity index (χ1) is 5.95. The Kier molecular flexibility index (Phi) is 5.20. The van der Waals surface area contributed by atoms with E-state index in [9.17, 15) is 18.0 Å². The van der Waals surface area contributed by atoms with Crippen LogP contribution in [0.2, 0.25) is 0 Å². The van der Waals surface area contributed by atoms with Crippen molar-refractivity contribution in [3.05, 3.63) is 0 Å². The molecule has 0 aliphatic rings. The van der Waals surface area contributed by atoms with E-state index in [4.69, 9.17) is 5.11 Å². The molecule has 13 heavy (non-hydrogen) atoms. The van der Waals surface area contributed by atoms with Crippen LogP contribution in [0, 0.1) is 0 Å². The van der Waals surface area contributed by atoms with E-state index in [0.29, 0.717) is 6.42 Å². The zero-order chi connectivity index (χ0) is 10.3. The van der Waals surface area contributed by atoms with Gasteiger partial charge in [-0.2, -0.15) is 13.2 Å². The Morgan fingerprint density at radius 2 is 1.92 bits per heavy atom. The van der Waals surface area contributed by atoms with Crippen LogP contribution in [0.25, 0.3) is 0 Å². The number of carbonyl (C=O) groups excluding carboxylic acids is 1. The van der Waals surface area contributed by atoms with Gasteiger partial charge >= 0.3 is 12.2 Å². The molecule has 0 fully saturated rings. The molecule has 4 nitrogen and oxygen atoms in total. The van der Waals surface area contributed by atoms with E-state index in [1.165, 1.54) is 0 Å². The summed E-state index contributed by atoms with van der Waals surface area (Å²) in [6, 6.07) is -0.884. The fourth-order valence-electron chi connectivity index (χ4n) is 0.524. The first kappa shape index (κ1) is 12.0. The minimum Gasteiger partial charge on any atom is -0.396 e. The van der Waals surface area contributed by atoms with Crippen molar-refractivity contribution in [1.29, 1.82) is 0 Å². The maximum absolute atomic E-state index is 11.5. The zero-order valence-corrected chi connectivity index (χ0v) is 6.82. The Morgan fingerprint density at radius 1 is 1.31 bits per heavy atom. The quantitative estimate of drug-likeness (QED) is 0.569. The molecule has 0 aliphatic heterocycles. The van der Waals surface area contributed by atoms with Crippen molar-refractivity contribution in [3.63, 3.8) is 0 Å². The number of alkyl halides is 3. The van der Waals surface area contributed by atoms with Gasteiger partial charge in [-0.3, -0.25) is 0 Å². The summed E-state index contributed by atoms with van der Waals surface area (Å²) in [6.45, 7) is -1.31. The van der Waals surface area contributed by atoms with E-state index in [2.05, 4.69) is 5.32 Å². The predicted octanol–water partition coefficient (Wildman–Crippen LogP) is 0.230. The molecule has 3 N–H and O–H groups in total. The van der Waals surface area contributed by atoms with E-state index in [-0.39, 0.29) is 13.2 Å². The van der Waals surface area contributed by atoms with E-state index < -0.39 is 18.8 Å². The monoisotopic (exact) mass is 200 g/mol. The Hall–Kier alpha value is -0.980.